The van der Waals surface area contributed by atoms with Gasteiger partial charge >= 0.3 is 0 Å². The van der Waals surface area contributed by atoms with Crippen LogP contribution < -0.4 is 0 Å². The van der Waals surface area contributed by atoms with Crippen molar-refractivity contribution in [3.05, 3.63) is 24.3 Å². The van der Waals surface area contributed by atoms with Crippen LogP contribution >= 0.6 is 0 Å². The number of hydrogen-bond donors (Lipinski definition) is 0. The van der Waals surface area contributed by atoms with Crippen LogP contribution in [-0.2, 0) is 9.47 Å². The first-order valence-electron chi connectivity index (χ1n) is 8.02. The highest BCUT2D eigenvalue weighted by atomic mass is 19.1. The van der Waals surface area contributed by atoms with Crippen molar-refractivity contribution in [1.29, 1.82) is 0 Å². The number of alkyl halides is 1. The van der Waals surface area contributed by atoms with Crippen molar-refractivity contribution in [1.82, 2.24) is 0 Å². The van der Waals surface area contributed by atoms with Gasteiger partial charge in [-0.3, -0.25) is 4.39 Å². The number of allylic oxidation sites excluding steroid dienone is 3. The van der Waals surface area contributed by atoms with Gasteiger partial charge in [0.25, 0.3) is 0 Å². The number of unbranched alkanes of at least 4 members (excludes halogenated alkanes) is 3. The van der Waals surface area contributed by atoms with Crippen LogP contribution in [0.5, 0.6) is 0 Å². The molecule has 0 aromatic heterocycles. The van der Waals surface area contributed by atoms with Gasteiger partial charge in [0.15, 0.2) is 6.29 Å². The Bertz CT molecular complexity index is 258. The quantitative estimate of drug-likeness (QED) is 0.395. The predicted octanol–water partition coefficient (Wildman–Crippen LogP) is 4.95. The molecule has 3 heteroatoms. The van der Waals surface area contributed by atoms with Crippen LogP contribution in [0.4, 0.5) is 4.39 Å². The summed E-state index contributed by atoms with van der Waals surface area (Å²) in [6.45, 7) is 1.41. The van der Waals surface area contributed by atoms with Gasteiger partial charge in [0.05, 0.1) is 13.3 Å². The average molecular weight is 284 g/mol. The predicted molar refractivity (Wildman–Crippen MR) is 81.5 cm³/mol. The third kappa shape index (κ3) is 10.2. The van der Waals surface area contributed by atoms with Gasteiger partial charge in [-0.05, 0) is 51.4 Å². The van der Waals surface area contributed by atoms with Crippen molar-refractivity contribution in [3.8, 4) is 0 Å². The Kier molecular flexibility index (Phi) is 11.6. The summed E-state index contributed by atoms with van der Waals surface area (Å²) in [5, 5.41) is 0. The van der Waals surface area contributed by atoms with Crippen LogP contribution in [0.3, 0.4) is 0 Å². The standard InChI is InChI=1S/C17H29FO2/c18-14-10-7-5-3-1-2-4-6-8-11-15-19-17-13-9-12-16-20-17/h1-2,6,8,17H,3-5,7,9-16H2. The molecule has 20 heavy (non-hydrogen) atoms. The highest BCUT2D eigenvalue weighted by Gasteiger charge is 2.12. The van der Waals surface area contributed by atoms with E-state index < -0.39 is 0 Å². The minimum Gasteiger partial charge on any atom is -0.353 e. The molecule has 1 fully saturated rings. The largest absolute Gasteiger partial charge is 0.353 e. The Labute approximate surface area is 123 Å². The van der Waals surface area contributed by atoms with Crippen molar-refractivity contribution in [3.63, 3.8) is 0 Å². The molecule has 0 aromatic carbocycles. The first-order chi connectivity index (χ1) is 9.93. The summed E-state index contributed by atoms with van der Waals surface area (Å²) in [7, 11) is 0. The topological polar surface area (TPSA) is 18.5 Å². The molecular weight excluding hydrogens is 255 g/mol. The third-order valence-corrected chi connectivity index (χ3v) is 3.34. The summed E-state index contributed by atoms with van der Waals surface area (Å²) in [5.74, 6) is 0. The van der Waals surface area contributed by atoms with Crippen molar-refractivity contribution < 1.29 is 13.9 Å². The van der Waals surface area contributed by atoms with E-state index in [1.165, 1.54) is 12.8 Å². The third-order valence-electron chi connectivity index (χ3n) is 3.34. The lowest BCUT2D eigenvalue weighted by molar-refractivity contribution is -0.161. The fourth-order valence-corrected chi connectivity index (χ4v) is 2.15. The van der Waals surface area contributed by atoms with Gasteiger partial charge in [0, 0.05) is 6.61 Å². The molecule has 0 amide bonds. The van der Waals surface area contributed by atoms with Gasteiger partial charge < -0.3 is 9.47 Å². The molecule has 0 saturated carbocycles. The molecule has 1 unspecified atom stereocenters. The van der Waals surface area contributed by atoms with Gasteiger partial charge in [-0.15, -0.1) is 0 Å². The molecule has 0 N–H and O–H groups in total. The van der Waals surface area contributed by atoms with E-state index >= 15 is 0 Å². The van der Waals surface area contributed by atoms with Crippen molar-refractivity contribution in [2.45, 2.75) is 64.1 Å². The second-order valence-electron chi connectivity index (χ2n) is 5.17. The normalized spacial score (nSPS) is 20.1. The van der Waals surface area contributed by atoms with E-state index in [1.807, 2.05) is 0 Å². The van der Waals surface area contributed by atoms with Crippen molar-refractivity contribution in [2.75, 3.05) is 19.9 Å². The first kappa shape index (κ1) is 17.4. The highest BCUT2D eigenvalue weighted by Crippen LogP contribution is 2.13. The fraction of sp³-hybridized carbons (Fsp3) is 0.765. The molecule has 0 spiro atoms. The van der Waals surface area contributed by atoms with E-state index in [4.69, 9.17) is 9.47 Å². The van der Waals surface area contributed by atoms with Gasteiger partial charge in [0.2, 0.25) is 0 Å². The molecule has 116 valence electrons. The van der Waals surface area contributed by atoms with Crippen LogP contribution in [0.25, 0.3) is 0 Å². The molecular formula is C17H29FO2. The van der Waals surface area contributed by atoms with E-state index in [-0.39, 0.29) is 13.0 Å². The number of hydrogen-bond acceptors (Lipinski definition) is 2. The molecule has 0 aromatic rings. The number of ether oxygens (including phenoxy) is 2. The van der Waals surface area contributed by atoms with Crippen LogP contribution in [0.15, 0.2) is 24.3 Å². The number of rotatable bonds is 11. The monoisotopic (exact) mass is 284 g/mol. The molecule has 1 atom stereocenters. The zero-order chi connectivity index (χ0) is 14.3. The van der Waals surface area contributed by atoms with E-state index in [1.54, 1.807) is 0 Å². The van der Waals surface area contributed by atoms with E-state index in [9.17, 15) is 4.39 Å². The summed E-state index contributed by atoms with van der Waals surface area (Å²) in [6.07, 6.45) is 17.9. The number of halogens is 1. The lowest BCUT2D eigenvalue weighted by Gasteiger charge is -2.22. The van der Waals surface area contributed by atoms with Crippen LogP contribution in [-0.4, -0.2) is 26.2 Å². The Hall–Kier alpha value is -0.670. The zero-order valence-corrected chi connectivity index (χ0v) is 12.6. The highest BCUT2D eigenvalue weighted by molar-refractivity contribution is 4.92. The molecule has 1 aliphatic rings. The minimum atomic E-state index is -0.180. The summed E-state index contributed by atoms with van der Waals surface area (Å²) in [5.41, 5.74) is 0. The molecule has 1 saturated heterocycles. The summed E-state index contributed by atoms with van der Waals surface area (Å²) < 4.78 is 23.0. The second-order valence-corrected chi connectivity index (χ2v) is 5.17. The summed E-state index contributed by atoms with van der Waals surface area (Å²) >= 11 is 0. The van der Waals surface area contributed by atoms with Gasteiger partial charge in [0.1, 0.15) is 0 Å². The molecule has 0 aliphatic carbocycles. The van der Waals surface area contributed by atoms with Gasteiger partial charge in [-0.2, -0.15) is 0 Å². The van der Waals surface area contributed by atoms with Crippen LogP contribution in [0, 0.1) is 0 Å². The molecule has 1 heterocycles. The van der Waals surface area contributed by atoms with E-state index in [0.717, 1.165) is 51.7 Å². The summed E-state index contributed by atoms with van der Waals surface area (Å²) in [4.78, 5) is 0. The maximum atomic E-state index is 11.8. The molecule has 0 radical (unpaired) electrons. The molecule has 2 nitrogen and oxygen atoms in total. The Morgan fingerprint density at radius 2 is 1.85 bits per heavy atom. The Morgan fingerprint density at radius 1 is 1.00 bits per heavy atom. The smallest absolute Gasteiger partial charge is 0.157 e. The lowest BCUT2D eigenvalue weighted by atomic mass is 10.2. The molecule has 0 bridgehead atoms. The second kappa shape index (κ2) is 13.3. The van der Waals surface area contributed by atoms with Gasteiger partial charge in [-0.1, -0.05) is 30.7 Å². The fourth-order valence-electron chi connectivity index (χ4n) is 2.15. The minimum absolute atomic E-state index is 0.0290. The maximum Gasteiger partial charge on any atom is 0.157 e. The summed E-state index contributed by atoms with van der Waals surface area (Å²) in [6, 6.07) is 0. The lowest BCUT2D eigenvalue weighted by Crippen LogP contribution is -2.22. The van der Waals surface area contributed by atoms with E-state index in [0.29, 0.717) is 6.42 Å². The Balaban J connectivity index is 1.85. The first-order valence-corrected chi connectivity index (χ1v) is 8.02. The zero-order valence-electron chi connectivity index (χ0n) is 12.6. The van der Waals surface area contributed by atoms with Crippen molar-refractivity contribution in [2.24, 2.45) is 0 Å². The van der Waals surface area contributed by atoms with Crippen LogP contribution in [0.2, 0.25) is 0 Å². The Morgan fingerprint density at radius 3 is 2.60 bits per heavy atom. The SMILES string of the molecule is FCCCCCC=CCC=CCCOC1CCCCO1. The van der Waals surface area contributed by atoms with Crippen LogP contribution in [0.1, 0.15) is 57.8 Å². The molecule has 1 rings (SSSR count). The van der Waals surface area contributed by atoms with E-state index in [2.05, 4.69) is 24.3 Å². The molecule has 1 aliphatic heterocycles. The van der Waals surface area contributed by atoms with Crippen molar-refractivity contribution >= 4 is 0 Å². The average Bonchev–Trinajstić information content (AvgIpc) is 2.49. The maximum absolute atomic E-state index is 11.8. The van der Waals surface area contributed by atoms with Gasteiger partial charge in [-0.25, -0.2) is 0 Å².